The Morgan fingerprint density at radius 1 is 1.53 bits per heavy atom. The van der Waals surface area contributed by atoms with Gasteiger partial charge in [-0.1, -0.05) is 13.8 Å². The van der Waals surface area contributed by atoms with Gasteiger partial charge >= 0.3 is 5.97 Å². The van der Waals surface area contributed by atoms with Crippen LogP contribution in [0, 0.1) is 5.92 Å². The van der Waals surface area contributed by atoms with Gasteiger partial charge in [0.2, 0.25) is 5.91 Å². The van der Waals surface area contributed by atoms with E-state index < -0.39 is 11.9 Å². The number of hydrogen-bond acceptors (Lipinski definition) is 3. The number of likely N-dealkylation sites (N-methyl/N-ethyl adjacent to an activating group) is 1. The standard InChI is InChI=1S/C12H22N2O3/c1-4-13(5-2)7-9(3)14-8-10(12(16)17)6-11(14)15/h9-10H,4-8H2,1-3H3,(H,16,17). The Balaban J connectivity index is 2.55. The highest BCUT2D eigenvalue weighted by Crippen LogP contribution is 2.20. The lowest BCUT2D eigenvalue weighted by Gasteiger charge is -2.29. The smallest absolute Gasteiger partial charge is 0.308 e. The molecule has 0 aromatic rings. The van der Waals surface area contributed by atoms with Crippen LogP contribution in [-0.4, -0.2) is 59.0 Å². The molecular weight excluding hydrogens is 220 g/mol. The second kappa shape index (κ2) is 6.00. The van der Waals surface area contributed by atoms with Crippen LogP contribution in [0.3, 0.4) is 0 Å². The molecule has 5 nitrogen and oxygen atoms in total. The lowest BCUT2D eigenvalue weighted by Crippen LogP contribution is -2.43. The molecule has 2 atom stereocenters. The summed E-state index contributed by atoms with van der Waals surface area (Å²) in [6.07, 6.45) is 0.151. The average Bonchev–Trinajstić information content (AvgIpc) is 2.68. The van der Waals surface area contributed by atoms with Crippen LogP contribution in [0.25, 0.3) is 0 Å². The fraction of sp³-hybridized carbons (Fsp3) is 0.833. The summed E-state index contributed by atoms with van der Waals surface area (Å²) in [6.45, 7) is 9.22. The predicted molar refractivity (Wildman–Crippen MR) is 64.7 cm³/mol. The van der Waals surface area contributed by atoms with Crippen LogP contribution < -0.4 is 0 Å². The molecule has 0 saturated carbocycles. The number of carboxylic acids is 1. The largest absolute Gasteiger partial charge is 0.481 e. The van der Waals surface area contributed by atoms with E-state index >= 15 is 0 Å². The fourth-order valence-corrected chi connectivity index (χ4v) is 2.28. The van der Waals surface area contributed by atoms with Crippen LogP contribution in [0.2, 0.25) is 0 Å². The van der Waals surface area contributed by atoms with Gasteiger partial charge in [0.25, 0.3) is 0 Å². The number of amides is 1. The number of carboxylic acid groups (broad SMARTS) is 1. The van der Waals surface area contributed by atoms with Crippen molar-refractivity contribution in [3.8, 4) is 0 Å². The minimum Gasteiger partial charge on any atom is -0.481 e. The van der Waals surface area contributed by atoms with Crippen LogP contribution in [0.1, 0.15) is 27.2 Å². The van der Waals surface area contributed by atoms with Gasteiger partial charge in [-0.3, -0.25) is 9.59 Å². The van der Waals surface area contributed by atoms with Gasteiger partial charge in [0, 0.05) is 25.6 Å². The third-order valence-corrected chi connectivity index (χ3v) is 3.46. The first kappa shape index (κ1) is 14.0. The summed E-state index contributed by atoms with van der Waals surface area (Å²) < 4.78 is 0. The third kappa shape index (κ3) is 3.43. The molecule has 0 radical (unpaired) electrons. The molecule has 0 spiro atoms. The van der Waals surface area contributed by atoms with Crippen molar-refractivity contribution in [3.63, 3.8) is 0 Å². The Morgan fingerprint density at radius 3 is 2.53 bits per heavy atom. The second-order valence-electron chi connectivity index (χ2n) is 4.62. The van der Waals surface area contributed by atoms with E-state index in [1.165, 1.54) is 0 Å². The Hall–Kier alpha value is -1.10. The van der Waals surface area contributed by atoms with E-state index in [0.29, 0.717) is 6.54 Å². The van der Waals surface area contributed by atoms with E-state index in [9.17, 15) is 9.59 Å². The molecular formula is C12H22N2O3. The van der Waals surface area contributed by atoms with E-state index in [-0.39, 0.29) is 18.4 Å². The Morgan fingerprint density at radius 2 is 2.12 bits per heavy atom. The van der Waals surface area contributed by atoms with Crippen molar-refractivity contribution in [1.82, 2.24) is 9.80 Å². The van der Waals surface area contributed by atoms with Gasteiger partial charge in [-0.05, 0) is 20.0 Å². The van der Waals surface area contributed by atoms with Crippen molar-refractivity contribution in [2.45, 2.75) is 33.2 Å². The maximum Gasteiger partial charge on any atom is 0.308 e. The van der Waals surface area contributed by atoms with E-state index in [4.69, 9.17) is 5.11 Å². The molecule has 17 heavy (non-hydrogen) atoms. The normalized spacial score (nSPS) is 22.2. The quantitative estimate of drug-likeness (QED) is 0.743. The molecule has 5 heteroatoms. The van der Waals surface area contributed by atoms with Crippen LogP contribution in [0.5, 0.6) is 0 Å². The van der Waals surface area contributed by atoms with Crippen LogP contribution in [-0.2, 0) is 9.59 Å². The summed E-state index contributed by atoms with van der Waals surface area (Å²) in [4.78, 5) is 26.5. The summed E-state index contributed by atoms with van der Waals surface area (Å²) in [5.74, 6) is -1.42. The molecule has 1 amide bonds. The van der Waals surface area contributed by atoms with Crippen molar-refractivity contribution < 1.29 is 14.7 Å². The molecule has 1 rings (SSSR count). The van der Waals surface area contributed by atoms with Crippen molar-refractivity contribution in [2.75, 3.05) is 26.2 Å². The van der Waals surface area contributed by atoms with Gasteiger partial charge in [-0.2, -0.15) is 0 Å². The first-order chi connectivity index (χ1) is 7.99. The van der Waals surface area contributed by atoms with E-state index in [0.717, 1.165) is 19.6 Å². The number of hydrogen-bond donors (Lipinski definition) is 1. The maximum absolute atomic E-state index is 11.7. The Kier molecular flexibility index (Phi) is 4.93. The fourth-order valence-electron chi connectivity index (χ4n) is 2.28. The number of likely N-dealkylation sites (tertiary alicyclic amines) is 1. The molecule has 1 aliphatic rings. The van der Waals surface area contributed by atoms with Gasteiger partial charge in [-0.15, -0.1) is 0 Å². The average molecular weight is 242 g/mol. The molecule has 1 fully saturated rings. The molecule has 0 bridgehead atoms. The summed E-state index contributed by atoms with van der Waals surface area (Å²) in [5.41, 5.74) is 0. The molecule has 2 unspecified atom stereocenters. The maximum atomic E-state index is 11.7. The Labute approximate surface area is 102 Å². The number of nitrogens with zero attached hydrogens (tertiary/aromatic N) is 2. The monoisotopic (exact) mass is 242 g/mol. The van der Waals surface area contributed by atoms with Crippen molar-refractivity contribution in [2.24, 2.45) is 5.92 Å². The van der Waals surface area contributed by atoms with E-state index in [1.807, 2.05) is 6.92 Å². The minimum absolute atomic E-state index is 0.0305. The van der Waals surface area contributed by atoms with Gasteiger partial charge in [-0.25, -0.2) is 0 Å². The summed E-state index contributed by atoms with van der Waals surface area (Å²) in [7, 11) is 0. The molecule has 0 aromatic heterocycles. The zero-order chi connectivity index (χ0) is 13.0. The van der Waals surface area contributed by atoms with E-state index in [1.54, 1.807) is 4.90 Å². The van der Waals surface area contributed by atoms with Gasteiger partial charge in [0.05, 0.1) is 5.92 Å². The summed E-state index contributed by atoms with van der Waals surface area (Å²) in [6, 6.07) is 0.0896. The molecule has 0 aliphatic carbocycles. The minimum atomic E-state index is -0.865. The highest BCUT2D eigenvalue weighted by Gasteiger charge is 2.36. The molecule has 0 aromatic carbocycles. The Bertz CT molecular complexity index is 289. The molecule has 1 N–H and O–H groups in total. The topological polar surface area (TPSA) is 60.9 Å². The zero-order valence-electron chi connectivity index (χ0n) is 10.8. The molecule has 1 saturated heterocycles. The number of aliphatic carboxylic acids is 1. The summed E-state index contributed by atoms with van der Waals surface area (Å²) >= 11 is 0. The predicted octanol–water partition coefficient (Wildman–Crippen LogP) is 0.650. The lowest BCUT2D eigenvalue weighted by molar-refractivity contribution is -0.141. The number of rotatable bonds is 6. The first-order valence-electron chi connectivity index (χ1n) is 6.24. The van der Waals surface area contributed by atoms with Gasteiger partial charge in [0.15, 0.2) is 0 Å². The third-order valence-electron chi connectivity index (χ3n) is 3.46. The van der Waals surface area contributed by atoms with Crippen LogP contribution in [0.15, 0.2) is 0 Å². The molecule has 1 aliphatic heterocycles. The highest BCUT2D eigenvalue weighted by atomic mass is 16.4. The number of carbonyl (C=O) groups excluding carboxylic acids is 1. The number of carbonyl (C=O) groups is 2. The molecule has 1 heterocycles. The second-order valence-corrected chi connectivity index (χ2v) is 4.62. The lowest BCUT2D eigenvalue weighted by atomic mass is 10.1. The summed E-state index contributed by atoms with van der Waals surface area (Å²) in [5, 5.41) is 8.92. The first-order valence-corrected chi connectivity index (χ1v) is 6.24. The van der Waals surface area contributed by atoms with Crippen molar-refractivity contribution >= 4 is 11.9 Å². The SMILES string of the molecule is CCN(CC)CC(C)N1CC(C(=O)O)CC1=O. The van der Waals surface area contributed by atoms with Crippen molar-refractivity contribution in [3.05, 3.63) is 0 Å². The zero-order valence-corrected chi connectivity index (χ0v) is 10.8. The molecule has 98 valence electrons. The van der Waals surface area contributed by atoms with Gasteiger partial charge < -0.3 is 14.9 Å². The van der Waals surface area contributed by atoms with E-state index in [2.05, 4.69) is 18.7 Å². The highest BCUT2D eigenvalue weighted by molar-refractivity contribution is 5.86. The van der Waals surface area contributed by atoms with Crippen molar-refractivity contribution in [1.29, 1.82) is 0 Å². The van der Waals surface area contributed by atoms with Crippen LogP contribution >= 0.6 is 0 Å². The van der Waals surface area contributed by atoms with Gasteiger partial charge in [0.1, 0.15) is 0 Å². The van der Waals surface area contributed by atoms with Crippen LogP contribution in [0.4, 0.5) is 0 Å².